The molecule has 1 fully saturated rings. The van der Waals surface area contributed by atoms with E-state index in [-0.39, 0.29) is 5.75 Å². The molecule has 2 rings (SSSR count). The van der Waals surface area contributed by atoms with E-state index >= 15 is 0 Å². The molecule has 1 atom stereocenters. The van der Waals surface area contributed by atoms with Crippen LogP contribution in [-0.4, -0.2) is 18.3 Å². The maximum Gasteiger partial charge on any atom is 0.115 e. The number of phenolic OH excluding ortho intramolecular Hbond substituents is 1. The second kappa shape index (κ2) is 3.92. The standard InChI is InChI=1S/C12H13NO2/c13-8-12(4-5-15-9-12)7-10-2-1-3-11(14)6-10/h1-3,6,14H,4-5,7,9H2. The lowest BCUT2D eigenvalue weighted by Crippen LogP contribution is -2.21. The van der Waals surface area contributed by atoms with Gasteiger partial charge < -0.3 is 9.84 Å². The normalized spacial score (nSPS) is 25.0. The van der Waals surface area contributed by atoms with Crippen LogP contribution in [0.2, 0.25) is 0 Å². The lowest BCUT2D eigenvalue weighted by atomic mass is 9.82. The minimum Gasteiger partial charge on any atom is -0.508 e. The summed E-state index contributed by atoms with van der Waals surface area (Å²) in [5, 5.41) is 18.5. The first kappa shape index (κ1) is 10.0. The van der Waals surface area contributed by atoms with Gasteiger partial charge in [-0.25, -0.2) is 0 Å². The first-order chi connectivity index (χ1) is 7.24. The number of hydrogen-bond donors (Lipinski definition) is 1. The number of ether oxygens (including phenoxy) is 1. The summed E-state index contributed by atoms with van der Waals surface area (Å²) >= 11 is 0. The van der Waals surface area contributed by atoms with Crippen LogP contribution in [0.5, 0.6) is 5.75 Å². The van der Waals surface area contributed by atoms with E-state index in [4.69, 9.17) is 10.00 Å². The maximum atomic E-state index is 9.33. The molecule has 3 heteroatoms. The van der Waals surface area contributed by atoms with Crippen molar-refractivity contribution in [3.63, 3.8) is 0 Å². The summed E-state index contributed by atoms with van der Waals surface area (Å²) in [5.41, 5.74) is 0.593. The fourth-order valence-corrected chi connectivity index (χ4v) is 1.93. The van der Waals surface area contributed by atoms with Crippen molar-refractivity contribution in [2.75, 3.05) is 13.2 Å². The molecule has 78 valence electrons. The summed E-state index contributed by atoms with van der Waals surface area (Å²) in [7, 11) is 0. The molecule has 1 N–H and O–H groups in total. The number of benzene rings is 1. The van der Waals surface area contributed by atoms with Crippen LogP contribution in [0.1, 0.15) is 12.0 Å². The molecular weight excluding hydrogens is 190 g/mol. The molecule has 0 amide bonds. The topological polar surface area (TPSA) is 53.2 Å². The predicted molar refractivity (Wildman–Crippen MR) is 55.3 cm³/mol. The maximum absolute atomic E-state index is 9.33. The highest BCUT2D eigenvalue weighted by Gasteiger charge is 2.35. The largest absolute Gasteiger partial charge is 0.508 e. The van der Waals surface area contributed by atoms with Gasteiger partial charge >= 0.3 is 0 Å². The summed E-state index contributed by atoms with van der Waals surface area (Å²) in [6.45, 7) is 1.16. The highest BCUT2D eigenvalue weighted by molar-refractivity contribution is 5.29. The third kappa shape index (κ3) is 2.11. The van der Waals surface area contributed by atoms with Gasteiger partial charge in [0.1, 0.15) is 5.75 Å². The van der Waals surface area contributed by atoms with Crippen LogP contribution in [-0.2, 0) is 11.2 Å². The predicted octanol–water partition coefficient (Wildman–Crippen LogP) is 1.86. The van der Waals surface area contributed by atoms with Crippen molar-refractivity contribution in [1.29, 1.82) is 5.26 Å². The second-order valence-electron chi connectivity index (χ2n) is 4.04. The first-order valence-corrected chi connectivity index (χ1v) is 5.01. The molecule has 3 nitrogen and oxygen atoms in total. The van der Waals surface area contributed by atoms with Gasteiger partial charge in [0.2, 0.25) is 0 Å². The molecular formula is C12H13NO2. The summed E-state index contributed by atoms with van der Waals surface area (Å²) in [6.07, 6.45) is 1.43. The van der Waals surface area contributed by atoms with Crippen LogP contribution in [0.25, 0.3) is 0 Å². The van der Waals surface area contributed by atoms with E-state index in [1.165, 1.54) is 0 Å². The van der Waals surface area contributed by atoms with E-state index < -0.39 is 5.41 Å². The molecule has 1 saturated heterocycles. The van der Waals surface area contributed by atoms with E-state index in [0.717, 1.165) is 12.0 Å². The molecule has 15 heavy (non-hydrogen) atoms. The van der Waals surface area contributed by atoms with Crippen LogP contribution in [0.15, 0.2) is 24.3 Å². The molecule has 1 heterocycles. The van der Waals surface area contributed by atoms with Gasteiger partial charge in [-0.2, -0.15) is 5.26 Å². The van der Waals surface area contributed by atoms with Gasteiger partial charge in [0, 0.05) is 6.61 Å². The van der Waals surface area contributed by atoms with Gasteiger partial charge in [-0.15, -0.1) is 0 Å². The Balaban J connectivity index is 2.17. The monoisotopic (exact) mass is 203 g/mol. The van der Waals surface area contributed by atoms with E-state index in [0.29, 0.717) is 19.6 Å². The Bertz CT molecular complexity index is 389. The SMILES string of the molecule is N#CC1(Cc2cccc(O)c2)CCOC1. The Morgan fingerprint density at radius 3 is 3.00 bits per heavy atom. The molecule has 1 aliphatic heterocycles. The molecule has 1 aliphatic rings. The summed E-state index contributed by atoms with van der Waals surface area (Å²) in [5.74, 6) is 0.250. The fourth-order valence-electron chi connectivity index (χ4n) is 1.93. The number of phenols is 1. The summed E-state index contributed by atoms with van der Waals surface area (Å²) < 4.78 is 5.27. The van der Waals surface area contributed by atoms with Gasteiger partial charge in [-0.05, 0) is 30.5 Å². The number of hydrogen-bond acceptors (Lipinski definition) is 3. The zero-order valence-electron chi connectivity index (χ0n) is 8.44. The van der Waals surface area contributed by atoms with Crippen molar-refractivity contribution in [2.24, 2.45) is 5.41 Å². The highest BCUT2D eigenvalue weighted by atomic mass is 16.5. The van der Waals surface area contributed by atoms with E-state index in [9.17, 15) is 5.11 Å². The molecule has 1 unspecified atom stereocenters. The molecule has 0 bridgehead atoms. The van der Waals surface area contributed by atoms with Crippen molar-refractivity contribution >= 4 is 0 Å². The number of nitriles is 1. The summed E-state index contributed by atoms with van der Waals surface area (Å²) in [6, 6.07) is 9.40. The van der Waals surface area contributed by atoms with Crippen LogP contribution >= 0.6 is 0 Å². The fraction of sp³-hybridized carbons (Fsp3) is 0.417. The Morgan fingerprint density at radius 1 is 1.53 bits per heavy atom. The Hall–Kier alpha value is -1.53. The number of aromatic hydroxyl groups is 1. The van der Waals surface area contributed by atoms with E-state index in [1.54, 1.807) is 18.2 Å². The lowest BCUT2D eigenvalue weighted by Gasteiger charge is -2.18. The molecule has 0 saturated carbocycles. The lowest BCUT2D eigenvalue weighted by molar-refractivity contribution is 0.171. The number of rotatable bonds is 2. The second-order valence-corrected chi connectivity index (χ2v) is 4.04. The zero-order chi connectivity index (χ0) is 10.7. The van der Waals surface area contributed by atoms with E-state index in [1.807, 2.05) is 6.07 Å². The van der Waals surface area contributed by atoms with Gasteiger partial charge in [-0.1, -0.05) is 12.1 Å². The zero-order valence-corrected chi connectivity index (χ0v) is 8.44. The molecule has 1 aromatic carbocycles. The Morgan fingerprint density at radius 2 is 2.40 bits per heavy atom. The van der Waals surface area contributed by atoms with Crippen LogP contribution < -0.4 is 0 Å². The van der Waals surface area contributed by atoms with Gasteiger partial charge in [0.05, 0.1) is 18.1 Å². The van der Waals surface area contributed by atoms with E-state index in [2.05, 4.69) is 6.07 Å². The third-order valence-corrected chi connectivity index (χ3v) is 2.79. The highest BCUT2D eigenvalue weighted by Crippen LogP contribution is 2.32. The minimum absolute atomic E-state index is 0.250. The Labute approximate surface area is 88.9 Å². The van der Waals surface area contributed by atoms with Crippen molar-refractivity contribution in [2.45, 2.75) is 12.8 Å². The average Bonchev–Trinajstić information content (AvgIpc) is 2.67. The molecule has 0 aliphatic carbocycles. The molecule has 0 radical (unpaired) electrons. The van der Waals surface area contributed by atoms with Crippen molar-refractivity contribution < 1.29 is 9.84 Å². The quantitative estimate of drug-likeness (QED) is 0.798. The molecule has 0 aromatic heterocycles. The van der Waals surface area contributed by atoms with Crippen LogP contribution in [0, 0.1) is 16.7 Å². The summed E-state index contributed by atoms with van der Waals surface area (Å²) in [4.78, 5) is 0. The van der Waals surface area contributed by atoms with Crippen molar-refractivity contribution in [3.8, 4) is 11.8 Å². The minimum atomic E-state index is -0.395. The van der Waals surface area contributed by atoms with Crippen molar-refractivity contribution in [3.05, 3.63) is 29.8 Å². The smallest absolute Gasteiger partial charge is 0.115 e. The van der Waals surface area contributed by atoms with Gasteiger partial charge in [0.25, 0.3) is 0 Å². The number of nitrogens with zero attached hydrogens (tertiary/aromatic N) is 1. The molecule has 0 spiro atoms. The van der Waals surface area contributed by atoms with Gasteiger partial charge in [0.15, 0.2) is 0 Å². The Kier molecular flexibility index (Phi) is 2.61. The third-order valence-electron chi connectivity index (χ3n) is 2.79. The van der Waals surface area contributed by atoms with Gasteiger partial charge in [-0.3, -0.25) is 0 Å². The van der Waals surface area contributed by atoms with Crippen LogP contribution in [0.4, 0.5) is 0 Å². The van der Waals surface area contributed by atoms with Crippen LogP contribution in [0.3, 0.4) is 0 Å². The average molecular weight is 203 g/mol. The van der Waals surface area contributed by atoms with Crippen molar-refractivity contribution in [1.82, 2.24) is 0 Å². The molecule has 1 aromatic rings. The first-order valence-electron chi connectivity index (χ1n) is 5.01.